The number of hydrogen-bond donors (Lipinski definition) is 2. The number of anilines is 1. The number of carbonyl (C=O) groups excluding carboxylic acids is 2. The lowest BCUT2D eigenvalue weighted by Crippen LogP contribution is -2.53. The summed E-state index contributed by atoms with van der Waals surface area (Å²) in [5.74, 6) is -2.38. The number of halogens is 2. The van der Waals surface area contributed by atoms with Crippen molar-refractivity contribution in [2.24, 2.45) is 0 Å². The SMILES string of the molecule is CN(C(=O)[C@H](Cc1cc(F)cc(F)c1)NC(=O)NS(=O)(=O)n1ccc2cccnc21)c1ccc2scnc2c1. The van der Waals surface area contributed by atoms with Crippen molar-refractivity contribution in [3.05, 3.63) is 89.7 Å². The van der Waals surface area contributed by atoms with Gasteiger partial charge in [-0.25, -0.2) is 32.2 Å². The van der Waals surface area contributed by atoms with Crippen molar-refractivity contribution in [2.75, 3.05) is 11.9 Å². The standard InChI is InChI=1S/C25H20F2N6O4S2/c1-32(19-4-5-22-20(13-19)29-14-38-22)24(34)21(11-15-9-17(26)12-18(27)10-15)30-25(35)31-39(36,37)33-8-6-16-3-2-7-28-23(16)33/h2-10,12-14,21H,11H2,1H3,(H2,30,31,35)/t21-/m0/s1. The van der Waals surface area contributed by atoms with Crippen LogP contribution in [0.3, 0.4) is 0 Å². The molecule has 0 bridgehead atoms. The summed E-state index contributed by atoms with van der Waals surface area (Å²) in [4.78, 5) is 35.9. The number of nitrogens with one attached hydrogen (secondary N) is 2. The first kappa shape index (κ1) is 26.2. The minimum absolute atomic E-state index is 0.0814. The molecule has 3 heterocycles. The van der Waals surface area contributed by atoms with E-state index in [-0.39, 0.29) is 17.6 Å². The zero-order valence-corrected chi connectivity index (χ0v) is 21.8. The molecule has 5 rings (SSSR count). The number of rotatable bonds is 7. The zero-order chi connectivity index (χ0) is 27.7. The van der Waals surface area contributed by atoms with Gasteiger partial charge in [0.05, 0.1) is 15.7 Å². The summed E-state index contributed by atoms with van der Waals surface area (Å²) in [7, 11) is -2.99. The van der Waals surface area contributed by atoms with Gasteiger partial charge in [-0.1, -0.05) is 0 Å². The number of amides is 3. The third kappa shape index (κ3) is 5.56. The molecule has 0 unspecified atom stereocenters. The van der Waals surface area contributed by atoms with Gasteiger partial charge in [0.1, 0.15) is 17.7 Å². The number of hydrogen-bond acceptors (Lipinski definition) is 7. The zero-order valence-electron chi connectivity index (χ0n) is 20.2. The van der Waals surface area contributed by atoms with Gasteiger partial charge in [-0.3, -0.25) is 4.79 Å². The van der Waals surface area contributed by atoms with E-state index >= 15 is 0 Å². The third-order valence-electron chi connectivity index (χ3n) is 5.89. The Balaban J connectivity index is 1.41. The lowest BCUT2D eigenvalue weighted by Gasteiger charge is -2.25. The van der Waals surface area contributed by atoms with Gasteiger partial charge < -0.3 is 10.2 Å². The van der Waals surface area contributed by atoms with E-state index < -0.39 is 39.8 Å². The molecule has 1 atom stereocenters. The summed E-state index contributed by atoms with van der Waals surface area (Å²) < 4.78 is 57.1. The van der Waals surface area contributed by atoms with Gasteiger partial charge in [0.25, 0.3) is 0 Å². The second kappa shape index (κ2) is 10.4. The van der Waals surface area contributed by atoms with Crippen molar-refractivity contribution in [3.63, 3.8) is 0 Å². The molecular weight excluding hydrogens is 550 g/mol. The predicted octanol–water partition coefficient (Wildman–Crippen LogP) is 3.59. The molecule has 0 radical (unpaired) electrons. The highest BCUT2D eigenvalue weighted by molar-refractivity contribution is 7.88. The second-order valence-corrected chi connectivity index (χ2v) is 11.0. The van der Waals surface area contributed by atoms with Gasteiger partial charge >= 0.3 is 16.2 Å². The van der Waals surface area contributed by atoms with E-state index in [1.54, 1.807) is 35.8 Å². The van der Waals surface area contributed by atoms with E-state index in [2.05, 4.69) is 15.3 Å². The molecule has 5 aromatic rings. The molecule has 0 aliphatic heterocycles. The Morgan fingerprint density at radius 3 is 2.62 bits per heavy atom. The summed E-state index contributed by atoms with van der Waals surface area (Å²) in [5, 5.41) is 2.87. The molecule has 14 heteroatoms. The first-order valence-corrected chi connectivity index (χ1v) is 13.7. The quantitative estimate of drug-likeness (QED) is 0.308. The fourth-order valence-electron chi connectivity index (χ4n) is 4.07. The Hall–Kier alpha value is -4.43. The van der Waals surface area contributed by atoms with Crippen molar-refractivity contribution < 1.29 is 26.8 Å². The van der Waals surface area contributed by atoms with E-state index in [1.807, 2.05) is 4.72 Å². The average molecular weight is 571 g/mol. The summed E-state index contributed by atoms with van der Waals surface area (Å²) in [6.07, 6.45) is 2.31. The molecule has 0 saturated heterocycles. The van der Waals surface area contributed by atoms with Crippen LogP contribution in [0.1, 0.15) is 5.56 Å². The van der Waals surface area contributed by atoms with Crippen LogP contribution in [0.15, 0.2) is 72.5 Å². The first-order valence-electron chi connectivity index (χ1n) is 11.4. The van der Waals surface area contributed by atoms with Crippen molar-refractivity contribution in [3.8, 4) is 0 Å². The molecule has 10 nitrogen and oxygen atoms in total. The maximum absolute atomic E-state index is 13.9. The Kier molecular flexibility index (Phi) is 6.97. The molecular formula is C25H20F2N6O4S2. The molecule has 2 aromatic carbocycles. The molecule has 39 heavy (non-hydrogen) atoms. The number of pyridine rings is 1. The highest BCUT2D eigenvalue weighted by atomic mass is 32.2. The normalized spacial score (nSPS) is 12.4. The van der Waals surface area contributed by atoms with Crippen molar-refractivity contribution in [1.82, 2.24) is 24.0 Å². The van der Waals surface area contributed by atoms with Gasteiger partial charge in [0.2, 0.25) is 5.91 Å². The van der Waals surface area contributed by atoms with Crippen molar-refractivity contribution in [1.29, 1.82) is 0 Å². The molecule has 0 aliphatic rings. The lowest BCUT2D eigenvalue weighted by molar-refractivity contribution is -0.120. The Morgan fingerprint density at radius 1 is 1.08 bits per heavy atom. The Labute approximate surface area is 225 Å². The van der Waals surface area contributed by atoms with Crippen molar-refractivity contribution >= 4 is 60.4 Å². The second-order valence-electron chi connectivity index (χ2n) is 8.54. The lowest BCUT2D eigenvalue weighted by atomic mass is 10.0. The number of urea groups is 1. The van der Waals surface area contributed by atoms with E-state index in [0.717, 1.165) is 20.8 Å². The van der Waals surface area contributed by atoms with Gasteiger partial charge in [-0.2, -0.15) is 8.42 Å². The maximum atomic E-state index is 13.9. The van der Waals surface area contributed by atoms with Crippen LogP contribution in [0.4, 0.5) is 19.3 Å². The van der Waals surface area contributed by atoms with Gasteiger partial charge in [0, 0.05) is 43.0 Å². The molecule has 200 valence electrons. The van der Waals surface area contributed by atoms with Crippen LogP contribution in [0.2, 0.25) is 0 Å². The molecule has 3 aromatic heterocycles. The fraction of sp³-hybridized carbons (Fsp3) is 0.120. The Bertz CT molecular complexity index is 1800. The van der Waals surface area contributed by atoms with Crippen molar-refractivity contribution in [2.45, 2.75) is 12.5 Å². The first-order chi connectivity index (χ1) is 18.6. The molecule has 3 amide bonds. The Morgan fingerprint density at radius 2 is 1.85 bits per heavy atom. The molecule has 0 spiro atoms. The highest BCUT2D eigenvalue weighted by Gasteiger charge is 2.28. The van der Waals surface area contributed by atoms with Crippen LogP contribution < -0.4 is 14.9 Å². The minimum Gasteiger partial charge on any atom is -0.325 e. The number of likely N-dealkylation sites (N-methyl/N-ethyl adjacent to an activating group) is 1. The molecule has 0 fully saturated rings. The summed E-state index contributed by atoms with van der Waals surface area (Å²) in [6.45, 7) is 0. The van der Waals surface area contributed by atoms with Crippen LogP contribution in [0, 0.1) is 11.6 Å². The largest absolute Gasteiger partial charge is 0.332 e. The molecule has 0 aliphatic carbocycles. The van der Waals surface area contributed by atoms with Crippen LogP contribution in [-0.4, -0.2) is 47.4 Å². The van der Waals surface area contributed by atoms with E-state index in [4.69, 9.17) is 0 Å². The average Bonchev–Trinajstić information content (AvgIpc) is 3.53. The summed E-state index contributed by atoms with van der Waals surface area (Å²) in [5.41, 5.74) is 2.95. The predicted molar refractivity (Wildman–Crippen MR) is 143 cm³/mol. The number of nitrogens with zero attached hydrogens (tertiary/aromatic N) is 4. The third-order valence-corrected chi connectivity index (χ3v) is 7.96. The highest BCUT2D eigenvalue weighted by Crippen LogP contribution is 2.24. The number of fused-ring (bicyclic) bond motifs is 2. The van der Waals surface area contributed by atoms with Crippen LogP contribution in [-0.2, 0) is 21.4 Å². The molecule has 0 saturated carbocycles. The van der Waals surface area contributed by atoms with Gasteiger partial charge in [0.15, 0.2) is 5.65 Å². The smallest absolute Gasteiger partial charge is 0.325 e. The van der Waals surface area contributed by atoms with Crippen LogP contribution in [0.25, 0.3) is 21.3 Å². The topological polar surface area (TPSA) is 126 Å². The van der Waals surface area contributed by atoms with E-state index in [1.165, 1.54) is 41.7 Å². The number of thiazole rings is 1. The fourth-order valence-corrected chi connectivity index (χ4v) is 5.72. The van der Waals surface area contributed by atoms with Gasteiger partial charge in [-0.15, -0.1) is 11.3 Å². The summed E-state index contributed by atoms with van der Waals surface area (Å²) in [6, 6.07) is 10.1. The van der Waals surface area contributed by atoms with E-state index in [0.29, 0.717) is 22.7 Å². The monoisotopic (exact) mass is 570 g/mol. The number of benzene rings is 2. The van der Waals surface area contributed by atoms with Crippen LogP contribution >= 0.6 is 11.3 Å². The minimum atomic E-state index is -4.45. The number of aromatic nitrogens is 3. The number of carbonyl (C=O) groups is 2. The maximum Gasteiger partial charge on any atom is 0.332 e. The molecule has 2 N–H and O–H groups in total. The van der Waals surface area contributed by atoms with Gasteiger partial charge in [-0.05, 0) is 54.1 Å². The van der Waals surface area contributed by atoms with Crippen LogP contribution in [0.5, 0.6) is 0 Å². The van der Waals surface area contributed by atoms with E-state index in [9.17, 15) is 26.8 Å². The summed E-state index contributed by atoms with van der Waals surface area (Å²) >= 11 is 1.43.